The number of benzene rings is 1. The molecule has 0 aromatic heterocycles. The van der Waals surface area contributed by atoms with Crippen molar-refractivity contribution < 1.29 is 14.5 Å². The molecule has 1 saturated heterocycles. The van der Waals surface area contributed by atoms with Gasteiger partial charge in [0.25, 0.3) is 5.69 Å². The fourth-order valence-corrected chi connectivity index (χ4v) is 2.68. The van der Waals surface area contributed by atoms with E-state index in [1.165, 1.54) is 12.1 Å². The van der Waals surface area contributed by atoms with E-state index in [-0.39, 0.29) is 29.1 Å². The van der Waals surface area contributed by atoms with Gasteiger partial charge in [-0.1, -0.05) is 0 Å². The van der Waals surface area contributed by atoms with Crippen molar-refractivity contribution in [2.24, 2.45) is 11.7 Å². The summed E-state index contributed by atoms with van der Waals surface area (Å²) < 4.78 is 0. The molecule has 1 heterocycles. The van der Waals surface area contributed by atoms with E-state index in [2.05, 4.69) is 0 Å². The number of rotatable bonds is 4. The summed E-state index contributed by atoms with van der Waals surface area (Å²) in [5.74, 6) is -0.703. The van der Waals surface area contributed by atoms with Crippen molar-refractivity contribution in [1.29, 1.82) is 0 Å². The molecular formula is C14H17N3O4. The minimum Gasteiger partial charge on any atom is -0.369 e. The highest BCUT2D eigenvalue weighted by Crippen LogP contribution is 2.34. The molecule has 112 valence electrons. The highest BCUT2D eigenvalue weighted by atomic mass is 16.6. The summed E-state index contributed by atoms with van der Waals surface area (Å²) in [6.07, 6.45) is 2.00. The average molecular weight is 291 g/mol. The monoisotopic (exact) mass is 291 g/mol. The van der Waals surface area contributed by atoms with E-state index >= 15 is 0 Å². The van der Waals surface area contributed by atoms with Crippen LogP contribution in [0.3, 0.4) is 0 Å². The van der Waals surface area contributed by atoms with Gasteiger partial charge in [0, 0.05) is 24.2 Å². The predicted molar refractivity (Wildman–Crippen MR) is 77.2 cm³/mol. The van der Waals surface area contributed by atoms with E-state index in [0.717, 1.165) is 6.42 Å². The van der Waals surface area contributed by atoms with Gasteiger partial charge >= 0.3 is 0 Å². The van der Waals surface area contributed by atoms with Crippen LogP contribution in [0.1, 0.15) is 30.1 Å². The maximum atomic E-state index is 11.4. The Bertz CT molecular complexity index is 588. The summed E-state index contributed by atoms with van der Waals surface area (Å²) in [6, 6.07) is 4.42. The number of piperidine rings is 1. The number of nitro groups is 1. The maximum Gasteiger partial charge on any atom is 0.293 e. The molecule has 1 aliphatic heterocycles. The van der Waals surface area contributed by atoms with Crippen LogP contribution in [0, 0.1) is 16.0 Å². The van der Waals surface area contributed by atoms with Gasteiger partial charge in [-0.25, -0.2) is 0 Å². The van der Waals surface area contributed by atoms with Gasteiger partial charge < -0.3 is 10.6 Å². The third-order valence-electron chi connectivity index (χ3n) is 3.93. The van der Waals surface area contributed by atoms with E-state index in [1.54, 1.807) is 6.07 Å². The zero-order chi connectivity index (χ0) is 15.6. The summed E-state index contributed by atoms with van der Waals surface area (Å²) in [6.45, 7) is 2.31. The van der Waals surface area contributed by atoms with Crippen LogP contribution < -0.4 is 10.6 Å². The first-order valence-electron chi connectivity index (χ1n) is 6.73. The number of nitrogens with two attached hydrogens (primary N) is 1. The molecule has 1 fully saturated rings. The smallest absolute Gasteiger partial charge is 0.293 e. The Kier molecular flexibility index (Phi) is 4.21. The minimum absolute atomic E-state index is 0.0707. The molecule has 0 saturated carbocycles. The van der Waals surface area contributed by atoms with Crippen LogP contribution in [0.15, 0.2) is 18.2 Å². The van der Waals surface area contributed by atoms with Crippen molar-refractivity contribution in [3.05, 3.63) is 33.9 Å². The van der Waals surface area contributed by atoms with Gasteiger partial charge in [-0.3, -0.25) is 19.7 Å². The summed E-state index contributed by atoms with van der Waals surface area (Å²) in [5, 5.41) is 11.2. The first kappa shape index (κ1) is 15.0. The normalized spacial score (nSPS) is 21.9. The average Bonchev–Trinajstić information content (AvgIpc) is 2.46. The minimum atomic E-state index is -0.511. The lowest BCUT2D eigenvalue weighted by Crippen LogP contribution is -2.46. The Hall–Kier alpha value is -2.44. The van der Waals surface area contributed by atoms with Crippen molar-refractivity contribution in [3.8, 4) is 0 Å². The third kappa shape index (κ3) is 3.01. The molecule has 1 aromatic rings. The number of primary amides is 1. The molecule has 2 rings (SSSR count). The molecule has 0 spiro atoms. The van der Waals surface area contributed by atoms with Crippen molar-refractivity contribution in [2.45, 2.75) is 25.8 Å². The predicted octanol–water partition coefficient (Wildman–Crippen LogP) is 1.50. The molecule has 7 nitrogen and oxygen atoms in total. The van der Waals surface area contributed by atoms with Crippen molar-refractivity contribution in [3.63, 3.8) is 0 Å². The number of hydrogen-bond acceptors (Lipinski definition) is 5. The van der Waals surface area contributed by atoms with E-state index in [4.69, 9.17) is 5.73 Å². The molecule has 1 aliphatic rings. The molecule has 2 atom stereocenters. The van der Waals surface area contributed by atoms with Crippen LogP contribution in [0.4, 0.5) is 11.4 Å². The van der Waals surface area contributed by atoms with Crippen LogP contribution in [0.2, 0.25) is 0 Å². The summed E-state index contributed by atoms with van der Waals surface area (Å²) in [4.78, 5) is 34.7. The molecule has 0 radical (unpaired) electrons. The Morgan fingerprint density at radius 2 is 2.19 bits per heavy atom. The van der Waals surface area contributed by atoms with Gasteiger partial charge in [0.15, 0.2) is 0 Å². The lowest BCUT2D eigenvalue weighted by atomic mass is 9.92. The van der Waals surface area contributed by atoms with E-state index in [9.17, 15) is 19.7 Å². The lowest BCUT2D eigenvalue weighted by molar-refractivity contribution is -0.384. The largest absolute Gasteiger partial charge is 0.369 e. The molecule has 7 heteroatoms. The zero-order valence-electron chi connectivity index (χ0n) is 11.7. The summed E-state index contributed by atoms with van der Waals surface area (Å²) in [5.41, 5.74) is 5.89. The number of aldehydes is 1. The van der Waals surface area contributed by atoms with Crippen molar-refractivity contribution >= 4 is 23.6 Å². The first-order valence-corrected chi connectivity index (χ1v) is 6.73. The first-order chi connectivity index (χ1) is 9.93. The number of anilines is 1. The quantitative estimate of drug-likeness (QED) is 0.514. The molecule has 1 aromatic carbocycles. The van der Waals surface area contributed by atoms with Gasteiger partial charge in [0.05, 0.1) is 10.8 Å². The number of nitro benzene ring substituents is 1. The van der Waals surface area contributed by atoms with Crippen molar-refractivity contribution in [1.82, 2.24) is 0 Å². The lowest BCUT2D eigenvalue weighted by Gasteiger charge is -2.38. The summed E-state index contributed by atoms with van der Waals surface area (Å²) >= 11 is 0. The van der Waals surface area contributed by atoms with Crippen molar-refractivity contribution in [2.75, 3.05) is 11.4 Å². The molecule has 1 amide bonds. The van der Waals surface area contributed by atoms with Gasteiger partial charge in [0.1, 0.15) is 12.0 Å². The molecular weight excluding hydrogens is 274 g/mol. The number of nitrogens with zero attached hydrogens (tertiary/aromatic N) is 2. The molecule has 2 unspecified atom stereocenters. The van der Waals surface area contributed by atoms with E-state index < -0.39 is 4.92 Å². The van der Waals surface area contributed by atoms with Crippen LogP contribution in [-0.2, 0) is 4.79 Å². The number of carbonyl (C=O) groups is 2. The molecule has 21 heavy (non-hydrogen) atoms. The molecule has 0 bridgehead atoms. The van der Waals surface area contributed by atoms with Gasteiger partial charge in [-0.2, -0.15) is 0 Å². The Morgan fingerprint density at radius 1 is 1.48 bits per heavy atom. The highest BCUT2D eigenvalue weighted by Gasteiger charge is 2.32. The second-order valence-electron chi connectivity index (χ2n) is 5.30. The standard InChI is InChI=1S/C14H17N3O4/c1-9-2-4-11(14(15)19)7-16(9)12-5-3-10(8-18)6-13(12)17(20)21/h3,5-6,8-9,11H,2,4,7H2,1H3,(H2,15,19). The zero-order valence-corrected chi connectivity index (χ0v) is 11.7. The van der Waals surface area contributed by atoms with E-state index in [0.29, 0.717) is 24.9 Å². The van der Waals surface area contributed by atoms with Crippen LogP contribution in [0.25, 0.3) is 0 Å². The second kappa shape index (κ2) is 5.90. The van der Waals surface area contributed by atoms with Gasteiger partial charge in [0.2, 0.25) is 5.91 Å². The SMILES string of the molecule is CC1CCC(C(N)=O)CN1c1ccc(C=O)cc1[N+](=O)[O-]. The number of amides is 1. The Labute approximate surface area is 121 Å². The van der Waals surface area contributed by atoms with E-state index in [1.807, 2.05) is 11.8 Å². The topological polar surface area (TPSA) is 107 Å². The Balaban J connectivity index is 2.41. The fourth-order valence-electron chi connectivity index (χ4n) is 2.68. The van der Waals surface area contributed by atoms with Gasteiger partial charge in [-0.05, 0) is 31.9 Å². The number of carbonyl (C=O) groups excluding carboxylic acids is 2. The van der Waals surface area contributed by atoms with Gasteiger partial charge in [-0.15, -0.1) is 0 Å². The van der Waals surface area contributed by atoms with Crippen LogP contribution in [-0.4, -0.2) is 29.7 Å². The van der Waals surface area contributed by atoms with Crippen LogP contribution >= 0.6 is 0 Å². The summed E-state index contributed by atoms with van der Waals surface area (Å²) in [7, 11) is 0. The fraction of sp³-hybridized carbons (Fsp3) is 0.429. The maximum absolute atomic E-state index is 11.4. The Morgan fingerprint density at radius 3 is 2.76 bits per heavy atom. The molecule has 2 N–H and O–H groups in total. The second-order valence-corrected chi connectivity index (χ2v) is 5.30. The number of hydrogen-bond donors (Lipinski definition) is 1. The van der Waals surface area contributed by atoms with Crippen LogP contribution in [0.5, 0.6) is 0 Å². The third-order valence-corrected chi connectivity index (χ3v) is 3.93. The molecule has 0 aliphatic carbocycles. The highest BCUT2D eigenvalue weighted by molar-refractivity contribution is 5.81.